The molecule has 138 valence electrons. The Morgan fingerprint density at radius 3 is 2.67 bits per heavy atom. The largest absolute Gasteiger partial charge is 0.374 e. The molecule has 2 heterocycles. The summed E-state index contributed by atoms with van der Waals surface area (Å²) in [5.41, 5.74) is 3.11. The highest BCUT2D eigenvalue weighted by Gasteiger charge is 2.23. The molecular weight excluding hydrogens is 432 g/mol. The molecular formula is C21H16BrF2NOS. The summed E-state index contributed by atoms with van der Waals surface area (Å²) in [5, 5.41) is 0. The molecule has 0 radical (unpaired) electrons. The van der Waals surface area contributed by atoms with Gasteiger partial charge in [0.2, 0.25) is 0 Å². The van der Waals surface area contributed by atoms with Gasteiger partial charge in [-0.3, -0.25) is 4.79 Å². The van der Waals surface area contributed by atoms with Crippen molar-refractivity contribution in [3.05, 3.63) is 74.6 Å². The van der Waals surface area contributed by atoms with E-state index in [1.54, 1.807) is 0 Å². The van der Waals surface area contributed by atoms with Gasteiger partial charge < -0.3 is 4.90 Å². The van der Waals surface area contributed by atoms with E-state index in [1.165, 1.54) is 29.5 Å². The van der Waals surface area contributed by atoms with Crippen LogP contribution in [0.4, 0.5) is 14.5 Å². The number of Topliss-reactive ketones (excluding diaryl/α,β-unsaturated/α-hetero) is 1. The first-order valence-electron chi connectivity index (χ1n) is 8.54. The molecule has 0 N–H and O–H groups in total. The number of hydrogen-bond donors (Lipinski definition) is 0. The lowest BCUT2D eigenvalue weighted by Crippen LogP contribution is -2.19. The highest BCUT2D eigenvalue weighted by atomic mass is 79.9. The average Bonchev–Trinajstić information content (AvgIpc) is 3.02. The Morgan fingerprint density at radius 2 is 1.93 bits per heavy atom. The van der Waals surface area contributed by atoms with Crippen molar-refractivity contribution in [1.82, 2.24) is 0 Å². The molecule has 1 aliphatic heterocycles. The lowest BCUT2D eigenvalue weighted by atomic mass is 10.0. The SMILES string of the molecule is CN1CCc2cc(C(=O)Cc3c(F)cccc3F)sc2-c2cc(Br)ccc21. The van der Waals surface area contributed by atoms with Crippen molar-refractivity contribution in [1.29, 1.82) is 0 Å². The fraction of sp³-hybridized carbons (Fsp3) is 0.190. The van der Waals surface area contributed by atoms with Gasteiger partial charge in [0.15, 0.2) is 5.78 Å². The van der Waals surface area contributed by atoms with Gasteiger partial charge in [-0.05, 0) is 48.4 Å². The average molecular weight is 448 g/mol. The molecule has 3 aromatic rings. The molecule has 27 heavy (non-hydrogen) atoms. The number of anilines is 1. The molecule has 4 rings (SSSR count). The molecule has 0 bridgehead atoms. The minimum absolute atomic E-state index is 0.172. The maximum absolute atomic E-state index is 13.9. The van der Waals surface area contributed by atoms with Crippen LogP contribution in [-0.4, -0.2) is 19.4 Å². The van der Waals surface area contributed by atoms with Crippen LogP contribution >= 0.6 is 27.3 Å². The summed E-state index contributed by atoms with van der Waals surface area (Å²) in [6, 6.07) is 11.7. The monoisotopic (exact) mass is 447 g/mol. The third kappa shape index (κ3) is 3.44. The Hall–Kier alpha value is -2.05. The molecule has 0 aliphatic carbocycles. The summed E-state index contributed by atoms with van der Waals surface area (Å²) in [5.74, 6) is -1.63. The number of carbonyl (C=O) groups excluding carboxylic acids is 1. The Bertz CT molecular complexity index is 1030. The molecule has 0 amide bonds. The number of likely N-dealkylation sites (N-methyl/N-ethyl adjacent to an activating group) is 1. The molecule has 0 saturated heterocycles. The first-order chi connectivity index (χ1) is 12.9. The zero-order chi connectivity index (χ0) is 19.1. The van der Waals surface area contributed by atoms with Crippen molar-refractivity contribution >= 4 is 38.7 Å². The van der Waals surface area contributed by atoms with E-state index in [9.17, 15) is 13.6 Å². The van der Waals surface area contributed by atoms with Gasteiger partial charge in [0.05, 0.1) is 4.88 Å². The molecule has 2 aromatic carbocycles. The molecule has 2 nitrogen and oxygen atoms in total. The van der Waals surface area contributed by atoms with E-state index < -0.39 is 11.6 Å². The van der Waals surface area contributed by atoms with E-state index in [1.807, 2.05) is 12.1 Å². The van der Waals surface area contributed by atoms with Crippen LogP contribution in [0.5, 0.6) is 0 Å². The highest BCUT2D eigenvalue weighted by Crippen LogP contribution is 2.42. The van der Waals surface area contributed by atoms with Gasteiger partial charge in [0.25, 0.3) is 0 Å². The first kappa shape index (κ1) is 18.3. The molecule has 0 atom stereocenters. The topological polar surface area (TPSA) is 20.3 Å². The first-order valence-corrected chi connectivity index (χ1v) is 10.1. The van der Waals surface area contributed by atoms with E-state index in [-0.39, 0.29) is 17.8 Å². The minimum Gasteiger partial charge on any atom is -0.374 e. The van der Waals surface area contributed by atoms with E-state index in [0.29, 0.717) is 4.88 Å². The van der Waals surface area contributed by atoms with E-state index >= 15 is 0 Å². The van der Waals surface area contributed by atoms with Crippen molar-refractivity contribution in [2.45, 2.75) is 12.8 Å². The van der Waals surface area contributed by atoms with Gasteiger partial charge in [-0.25, -0.2) is 8.78 Å². The number of ketones is 1. The quantitative estimate of drug-likeness (QED) is 0.467. The number of benzene rings is 2. The molecule has 1 aromatic heterocycles. The number of thiophene rings is 1. The van der Waals surface area contributed by atoms with Crippen molar-refractivity contribution in [3.8, 4) is 10.4 Å². The molecule has 1 aliphatic rings. The zero-order valence-electron chi connectivity index (χ0n) is 14.6. The number of fused-ring (bicyclic) bond motifs is 3. The highest BCUT2D eigenvalue weighted by molar-refractivity contribution is 9.10. The standard InChI is InChI=1S/C21H16BrF2NOS/c1-25-8-7-12-9-20(19(26)11-14-16(23)3-2-4-17(14)24)27-21(12)15-10-13(22)5-6-18(15)25/h2-6,9-10H,7-8,11H2,1H3. The molecule has 0 saturated carbocycles. The summed E-state index contributed by atoms with van der Waals surface area (Å²) in [7, 11) is 2.05. The molecule has 0 spiro atoms. The van der Waals surface area contributed by atoms with E-state index in [0.717, 1.165) is 39.1 Å². The number of halogens is 3. The minimum atomic E-state index is -0.683. The second-order valence-corrected chi connectivity index (χ2v) is 8.57. The van der Waals surface area contributed by atoms with Gasteiger partial charge in [-0.1, -0.05) is 22.0 Å². The summed E-state index contributed by atoms with van der Waals surface area (Å²) >= 11 is 4.92. The van der Waals surface area contributed by atoms with Gasteiger partial charge in [-0.15, -0.1) is 11.3 Å². The van der Waals surface area contributed by atoms with E-state index in [2.05, 4.69) is 40.0 Å². The van der Waals surface area contributed by atoms with Crippen LogP contribution in [0, 0.1) is 11.6 Å². The molecule has 0 fully saturated rings. The third-order valence-corrected chi connectivity index (χ3v) is 6.56. The summed E-state index contributed by atoms with van der Waals surface area (Å²) in [6.07, 6.45) is 0.541. The Kier molecular flexibility index (Phi) is 4.86. The fourth-order valence-electron chi connectivity index (χ4n) is 3.36. The summed E-state index contributed by atoms with van der Waals surface area (Å²) < 4.78 is 28.8. The normalized spacial score (nSPS) is 13.1. The van der Waals surface area contributed by atoms with Crippen LogP contribution in [-0.2, 0) is 12.8 Å². The second-order valence-electron chi connectivity index (χ2n) is 6.60. The smallest absolute Gasteiger partial charge is 0.177 e. The number of carbonyl (C=O) groups is 1. The predicted molar refractivity (Wildman–Crippen MR) is 109 cm³/mol. The molecule has 0 unspecified atom stereocenters. The number of hydrogen-bond acceptors (Lipinski definition) is 3. The van der Waals surface area contributed by atoms with Crippen LogP contribution in [0.1, 0.15) is 20.8 Å². The van der Waals surface area contributed by atoms with Gasteiger partial charge in [0, 0.05) is 46.2 Å². The lowest BCUT2D eigenvalue weighted by Gasteiger charge is -2.19. The fourth-order valence-corrected chi connectivity index (χ4v) is 4.89. The van der Waals surface area contributed by atoms with Crippen LogP contribution in [0.25, 0.3) is 10.4 Å². The van der Waals surface area contributed by atoms with Crippen LogP contribution in [0.2, 0.25) is 0 Å². The third-order valence-electron chi connectivity index (χ3n) is 4.81. The Labute approximate surface area is 168 Å². The zero-order valence-corrected chi connectivity index (χ0v) is 17.0. The Balaban J connectivity index is 1.72. The summed E-state index contributed by atoms with van der Waals surface area (Å²) in [6.45, 7) is 0.841. The van der Waals surface area contributed by atoms with Gasteiger partial charge in [0.1, 0.15) is 11.6 Å². The van der Waals surface area contributed by atoms with Crippen molar-refractivity contribution in [2.75, 3.05) is 18.5 Å². The van der Waals surface area contributed by atoms with Crippen LogP contribution in [0.3, 0.4) is 0 Å². The van der Waals surface area contributed by atoms with E-state index in [4.69, 9.17) is 0 Å². The van der Waals surface area contributed by atoms with Crippen molar-refractivity contribution < 1.29 is 13.6 Å². The second kappa shape index (κ2) is 7.17. The van der Waals surface area contributed by atoms with Gasteiger partial charge >= 0.3 is 0 Å². The number of nitrogens with zero attached hydrogens (tertiary/aromatic N) is 1. The number of rotatable bonds is 3. The lowest BCUT2D eigenvalue weighted by molar-refractivity contribution is 0.0994. The summed E-state index contributed by atoms with van der Waals surface area (Å²) in [4.78, 5) is 16.5. The van der Waals surface area contributed by atoms with Crippen LogP contribution < -0.4 is 4.90 Å². The van der Waals surface area contributed by atoms with Gasteiger partial charge in [-0.2, -0.15) is 0 Å². The molecule has 6 heteroatoms. The Morgan fingerprint density at radius 1 is 1.19 bits per heavy atom. The van der Waals surface area contributed by atoms with Crippen LogP contribution in [0.15, 0.2) is 46.9 Å². The maximum Gasteiger partial charge on any atom is 0.177 e. The predicted octanol–water partition coefficient (Wildman–Crippen LogP) is 5.87. The van der Waals surface area contributed by atoms with Crippen molar-refractivity contribution in [3.63, 3.8) is 0 Å². The van der Waals surface area contributed by atoms with Crippen molar-refractivity contribution in [2.24, 2.45) is 0 Å². The maximum atomic E-state index is 13.9.